The molecule has 2 amide bonds. The van der Waals surface area contributed by atoms with E-state index >= 15 is 0 Å². The summed E-state index contributed by atoms with van der Waals surface area (Å²) in [5, 5.41) is 17.4. The summed E-state index contributed by atoms with van der Waals surface area (Å²) in [4.78, 5) is 35.1. The molecule has 0 aliphatic rings. The molecule has 0 saturated carbocycles. The lowest BCUT2D eigenvalue weighted by Gasteiger charge is -2.07. The summed E-state index contributed by atoms with van der Waals surface area (Å²) in [7, 11) is 0. The highest BCUT2D eigenvalue weighted by atomic mass is 16.5. The molecule has 0 aliphatic carbocycles. The van der Waals surface area contributed by atoms with Crippen molar-refractivity contribution in [2.45, 2.75) is 13.8 Å². The van der Waals surface area contributed by atoms with Crippen molar-refractivity contribution < 1.29 is 19.1 Å². The van der Waals surface area contributed by atoms with Crippen LogP contribution in [-0.4, -0.2) is 24.4 Å². The Morgan fingerprint density at radius 2 is 1.72 bits per heavy atom. The van der Waals surface area contributed by atoms with Gasteiger partial charge in [-0.2, -0.15) is 5.26 Å². The molecule has 2 aromatic rings. The van der Waals surface area contributed by atoms with Crippen LogP contribution in [0, 0.1) is 11.3 Å². The van der Waals surface area contributed by atoms with Crippen LogP contribution in [0.5, 0.6) is 0 Å². The lowest BCUT2D eigenvalue weighted by atomic mass is 10.2. The molecule has 0 spiro atoms. The first-order valence-corrected chi connectivity index (χ1v) is 8.76. The van der Waals surface area contributed by atoms with Crippen LogP contribution in [-0.2, 0) is 14.3 Å². The number of hydrogen-bond acceptors (Lipinski definition) is 6. The molecule has 0 aromatic heterocycles. The number of nitriles is 1. The fourth-order valence-corrected chi connectivity index (χ4v) is 2.30. The van der Waals surface area contributed by atoms with Gasteiger partial charge in [0.05, 0.1) is 12.2 Å². The minimum Gasteiger partial charge on any atom is -0.462 e. The second-order valence-corrected chi connectivity index (χ2v) is 5.83. The monoisotopic (exact) mass is 392 g/mol. The highest BCUT2D eigenvalue weighted by Crippen LogP contribution is 2.16. The summed E-state index contributed by atoms with van der Waals surface area (Å²) in [5.74, 6) is -1.26. The molecule has 0 bridgehead atoms. The molecule has 2 aromatic carbocycles. The number of nitrogens with zero attached hydrogens (tertiary/aromatic N) is 1. The minimum atomic E-state index is -0.609. The molecular formula is C21H20N4O4. The SMILES string of the molecule is CCOC(=O)c1ccc(NC(=O)/C(C#N)=C\Nc2cccc(NC(C)=O)c2)cc1. The van der Waals surface area contributed by atoms with E-state index in [1.807, 2.05) is 6.07 Å². The van der Waals surface area contributed by atoms with Crippen LogP contribution in [0.2, 0.25) is 0 Å². The summed E-state index contributed by atoms with van der Waals surface area (Å²) < 4.78 is 4.90. The van der Waals surface area contributed by atoms with E-state index in [-0.39, 0.29) is 18.1 Å². The number of rotatable bonds is 7. The molecule has 0 radical (unpaired) electrons. The van der Waals surface area contributed by atoms with Gasteiger partial charge in [-0.15, -0.1) is 0 Å². The topological polar surface area (TPSA) is 120 Å². The Kier molecular flexibility index (Phi) is 7.51. The molecule has 29 heavy (non-hydrogen) atoms. The standard InChI is InChI=1S/C21H20N4O4/c1-3-29-21(28)15-7-9-17(10-8-15)25-20(27)16(12-22)13-23-18-5-4-6-19(11-18)24-14(2)26/h4-11,13,23H,3H2,1-2H3,(H,24,26)(H,25,27)/b16-13-. The Bertz CT molecular complexity index is 975. The van der Waals surface area contributed by atoms with Gasteiger partial charge in [-0.05, 0) is 49.4 Å². The molecule has 0 aliphatic heterocycles. The van der Waals surface area contributed by atoms with Crippen molar-refractivity contribution in [2.24, 2.45) is 0 Å². The Labute approximate surface area is 168 Å². The van der Waals surface area contributed by atoms with Crippen LogP contribution in [0.4, 0.5) is 17.1 Å². The highest BCUT2D eigenvalue weighted by Gasteiger charge is 2.11. The van der Waals surface area contributed by atoms with Gasteiger partial charge in [0.1, 0.15) is 11.6 Å². The lowest BCUT2D eigenvalue weighted by molar-refractivity contribution is -0.114. The highest BCUT2D eigenvalue weighted by molar-refractivity contribution is 6.07. The Morgan fingerprint density at radius 1 is 1.03 bits per heavy atom. The van der Waals surface area contributed by atoms with E-state index in [0.717, 1.165) is 0 Å². The third-order valence-corrected chi connectivity index (χ3v) is 3.59. The van der Waals surface area contributed by atoms with Crippen molar-refractivity contribution >= 4 is 34.8 Å². The van der Waals surface area contributed by atoms with Gasteiger partial charge in [-0.1, -0.05) is 6.07 Å². The second-order valence-electron chi connectivity index (χ2n) is 5.83. The lowest BCUT2D eigenvalue weighted by Crippen LogP contribution is -2.15. The van der Waals surface area contributed by atoms with Gasteiger partial charge in [-0.3, -0.25) is 9.59 Å². The van der Waals surface area contributed by atoms with Gasteiger partial charge in [0.2, 0.25) is 5.91 Å². The predicted octanol–water partition coefficient (Wildman–Crippen LogP) is 3.28. The number of anilines is 3. The fourth-order valence-electron chi connectivity index (χ4n) is 2.30. The fraction of sp³-hybridized carbons (Fsp3) is 0.143. The molecule has 8 heteroatoms. The van der Waals surface area contributed by atoms with Crippen LogP contribution in [0.15, 0.2) is 60.3 Å². The molecule has 0 saturated heterocycles. The predicted molar refractivity (Wildman–Crippen MR) is 109 cm³/mol. The number of nitrogens with one attached hydrogen (secondary N) is 3. The third kappa shape index (κ3) is 6.52. The number of carbonyl (C=O) groups excluding carboxylic acids is 3. The van der Waals surface area contributed by atoms with Crippen molar-refractivity contribution in [3.63, 3.8) is 0 Å². The molecule has 8 nitrogen and oxygen atoms in total. The van der Waals surface area contributed by atoms with Crippen molar-refractivity contribution in [3.8, 4) is 6.07 Å². The van der Waals surface area contributed by atoms with Crippen molar-refractivity contribution in [2.75, 3.05) is 22.6 Å². The van der Waals surface area contributed by atoms with Crippen LogP contribution < -0.4 is 16.0 Å². The summed E-state index contributed by atoms with van der Waals surface area (Å²) >= 11 is 0. The van der Waals surface area contributed by atoms with E-state index in [9.17, 15) is 19.6 Å². The number of hydrogen-bond donors (Lipinski definition) is 3. The van der Waals surface area contributed by atoms with Crippen molar-refractivity contribution in [3.05, 3.63) is 65.9 Å². The van der Waals surface area contributed by atoms with Crippen LogP contribution in [0.3, 0.4) is 0 Å². The number of benzene rings is 2. The largest absolute Gasteiger partial charge is 0.462 e. The normalized spacial score (nSPS) is 10.4. The van der Waals surface area contributed by atoms with E-state index in [1.165, 1.54) is 25.3 Å². The first-order chi connectivity index (χ1) is 13.9. The van der Waals surface area contributed by atoms with E-state index < -0.39 is 11.9 Å². The molecule has 0 atom stereocenters. The number of carbonyl (C=O) groups is 3. The number of ether oxygens (including phenoxy) is 1. The van der Waals surface area contributed by atoms with E-state index in [2.05, 4.69) is 16.0 Å². The van der Waals surface area contributed by atoms with Gasteiger partial charge in [0.15, 0.2) is 0 Å². The van der Waals surface area contributed by atoms with Gasteiger partial charge in [0.25, 0.3) is 5.91 Å². The average Bonchev–Trinajstić information content (AvgIpc) is 2.69. The second kappa shape index (κ2) is 10.3. The van der Waals surface area contributed by atoms with E-state index in [4.69, 9.17) is 4.74 Å². The zero-order valence-corrected chi connectivity index (χ0v) is 16.0. The Hall–Kier alpha value is -4.12. The molecule has 3 N–H and O–H groups in total. The van der Waals surface area contributed by atoms with E-state index in [1.54, 1.807) is 43.3 Å². The quantitative estimate of drug-likeness (QED) is 0.378. The first-order valence-electron chi connectivity index (χ1n) is 8.76. The molecular weight excluding hydrogens is 372 g/mol. The molecule has 0 unspecified atom stereocenters. The molecule has 148 valence electrons. The summed E-state index contributed by atoms with van der Waals surface area (Å²) in [6, 6.07) is 14.8. The van der Waals surface area contributed by atoms with Crippen molar-refractivity contribution in [1.82, 2.24) is 0 Å². The maximum atomic E-state index is 12.3. The smallest absolute Gasteiger partial charge is 0.338 e. The third-order valence-electron chi connectivity index (χ3n) is 3.59. The van der Waals surface area contributed by atoms with Crippen molar-refractivity contribution in [1.29, 1.82) is 5.26 Å². The van der Waals surface area contributed by atoms with Crippen LogP contribution >= 0.6 is 0 Å². The minimum absolute atomic E-state index is 0.149. The first kappa shape index (κ1) is 21.2. The summed E-state index contributed by atoms with van der Waals surface area (Å²) in [5.41, 5.74) is 1.82. The zero-order chi connectivity index (χ0) is 21.2. The van der Waals surface area contributed by atoms with Gasteiger partial charge in [0, 0.05) is 30.2 Å². The maximum absolute atomic E-state index is 12.3. The van der Waals surface area contributed by atoms with Crippen LogP contribution in [0.1, 0.15) is 24.2 Å². The Morgan fingerprint density at radius 3 is 2.34 bits per heavy atom. The molecule has 0 heterocycles. The van der Waals surface area contributed by atoms with E-state index in [0.29, 0.717) is 22.6 Å². The van der Waals surface area contributed by atoms with Gasteiger partial charge in [-0.25, -0.2) is 4.79 Å². The summed E-state index contributed by atoms with van der Waals surface area (Å²) in [6.07, 6.45) is 1.27. The molecule has 0 fully saturated rings. The average molecular weight is 392 g/mol. The van der Waals surface area contributed by atoms with Gasteiger partial charge >= 0.3 is 5.97 Å². The molecule has 2 rings (SSSR count). The maximum Gasteiger partial charge on any atom is 0.338 e. The van der Waals surface area contributed by atoms with Gasteiger partial charge < -0.3 is 20.7 Å². The number of amides is 2. The zero-order valence-electron chi connectivity index (χ0n) is 16.0. The van der Waals surface area contributed by atoms with Crippen LogP contribution in [0.25, 0.3) is 0 Å². The Balaban J connectivity index is 2.04. The summed E-state index contributed by atoms with van der Waals surface area (Å²) in [6.45, 7) is 3.39. The number of esters is 1.